The fraction of sp³-hybridized carbons (Fsp3) is 0.364. The van der Waals surface area contributed by atoms with E-state index in [-0.39, 0.29) is 6.04 Å². The van der Waals surface area contributed by atoms with Gasteiger partial charge < -0.3 is 10.2 Å². The predicted octanol–water partition coefficient (Wildman–Crippen LogP) is 3.14. The van der Waals surface area contributed by atoms with Gasteiger partial charge >= 0.3 is 0 Å². The lowest BCUT2D eigenvalue weighted by Gasteiger charge is -2.10. The van der Waals surface area contributed by atoms with Crippen molar-refractivity contribution in [3.8, 4) is 0 Å². The third kappa shape index (κ3) is 1.98. The van der Waals surface area contributed by atoms with E-state index in [4.69, 9.17) is 21.8 Å². The summed E-state index contributed by atoms with van der Waals surface area (Å²) in [6.07, 6.45) is 0. The monoisotopic (exact) mass is 224 g/mol. The van der Waals surface area contributed by atoms with Crippen molar-refractivity contribution in [2.45, 2.75) is 19.9 Å². The van der Waals surface area contributed by atoms with Gasteiger partial charge in [-0.2, -0.15) is 0 Å². The number of nitrogens with zero attached hydrogens (tertiary/aromatic N) is 1. The van der Waals surface area contributed by atoms with Gasteiger partial charge in [0.15, 0.2) is 5.58 Å². The first-order valence-electron chi connectivity index (χ1n) is 4.89. The number of fused-ring (bicyclic) bond motifs is 1. The Hall–Kier alpha value is -1.06. The van der Waals surface area contributed by atoms with Gasteiger partial charge in [0, 0.05) is 5.02 Å². The van der Waals surface area contributed by atoms with Gasteiger partial charge in [-0.05, 0) is 24.1 Å². The minimum absolute atomic E-state index is 0.170. The SMILES string of the molecule is CC(C)[C@H](N)c1nc2cc(Cl)ccc2o1. The molecule has 0 saturated carbocycles. The number of oxazole rings is 1. The van der Waals surface area contributed by atoms with E-state index in [9.17, 15) is 0 Å². The maximum absolute atomic E-state index is 5.95. The molecule has 0 radical (unpaired) electrons. The molecule has 80 valence electrons. The van der Waals surface area contributed by atoms with Crippen LogP contribution in [0.4, 0.5) is 0 Å². The highest BCUT2D eigenvalue weighted by molar-refractivity contribution is 6.31. The Morgan fingerprint density at radius 2 is 2.13 bits per heavy atom. The third-order valence-electron chi connectivity index (χ3n) is 2.37. The highest BCUT2D eigenvalue weighted by Crippen LogP contribution is 2.25. The van der Waals surface area contributed by atoms with E-state index in [2.05, 4.69) is 4.98 Å². The molecule has 1 aromatic heterocycles. The Labute approximate surface area is 93.2 Å². The summed E-state index contributed by atoms with van der Waals surface area (Å²) in [7, 11) is 0. The van der Waals surface area contributed by atoms with Crippen LogP contribution in [0.3, 0.4) is 0 Å². The maximum Gasteiger partial charge on any atom is 0.212 e. The zero-order valence-corrected chi connectivity index (χ0v) is 9.45. The summed E-state index contributed by atoms with van der Waals surface area (Å²) >= 11 is 5.86. The molecule has 0 aliphatic carbocycles. The van der Waals surface area contributed by atoms with Gasteiger partial charge in [0.1, 0.15) is 5.52 Å². The number of halogens is 1. The highest BCUT2D eigenvalue weighted by atomic mass is 35.5. The lowest BCUT2D eigenvalue weighted by molar-refractivity contribution is 0.403. The van der Waals surface area contributed by atoms with Crippen molar-refractivity contribution in [3.05, 3.63) is 29.1 Å². The van der Waals surface area contributed by atoms with E-state index in [0.717, 1.165) is 11.1 Å². The highest BCUT2D eigenvalue weighted by Gasteiger charge is 2.17. The zero-order chi connectivity index (χ0) is 11.0. The number of aromatic nitrogens is 1. The average Bonchev–Trinajstić information content (AvgIpc) is 2.58. The standard InChI is InChI=1S/C11H13ClN2O/c1-6(2)10(13)11-14-8-5-7(12)3-4-9(8)15-11/h3-6,10H,13H2,1-2H3/t10-/m0/s1. The second-order valence-corrected chi connectivity index (χ2v) is 4.37. The summed E-state index contributed by atoms with van der Waals surface area (Å²) < 4.78 is 5.55. The van der Waals surface area contributed by atoms with Crippen LogP contribution in [0.15, 0.2) is 22.6 Å². The molecule has 1 aromatic carbocycles. The van der Waals surface area contributed by atoms with Crippen molar-refractivity contribution < 1.29 is 4.42 Å². The van der Waals surface area contributed by atoms with E-state index in [1.807, 2.05) is 13.8 Å². The molecule has 2 rings (SSSR count). The Morgan fingerprint density at radius 1 is 1.40 bits per heavy atom. The predicted molar refractivity (Wildman–Crippen MR) is 60.8 cm³/mol. The zero-order valence-electron chi connectivity index (χ0n) is 8.70. The van der Waals surface area contributed by atoms with Crippen LogP contribution in [0.25, 0.3) is 11.1 Å². The molecule has 0 amide bonds. The van der Waals surface area contributed by atoms with Crippen molar-refractivity contribution >= 4 is 22.7 Å². The quantitative estimate of drug-likeness (QED) is 0.853. The van der Waals surface area contributed by atoms with E-state index in [1.165, 1.54) is 0 Å². The van der Waals surface area contributed by atoms with Gasteiger partial charge in [0.2, 0.25) is 5.89 Å². The van der Waals surface area contributed by atoms with Gasteiger partial charge in [-0.3, -0.25) is 0 Å². The number of rotatable bonds is 2. The summed E-state index contributed by atoms with van der Waals surface area (Å²) in [5.74, 6) is 0.871. The molecule has 0 bridgehead atoms. The van der Waals surface area contributed by atoms with Crippen LogP contribution in [0.2, 0.25) is 5.02 Å². The maximum atomic E-state index is 5.95. The second kappa shape index (κ2) is 3.83. The van der Waals surface area contributed by atoms with Crippen molar-refractivity contribution in [1.29, 1.82) is 0 Å². The minimum atomic E-state index is -0.170. The van der Waals surface area contributed by atoms with Crippen molar-refractivity contribution in [2.24, 2.45) is 11.7 Å². The number of nitrogens with two attached hydrogens (primary N) is 1. The molecule has 3 nitrogen and oxygen atoms in total. The molecule has 0 unspecified atom stereocenters. The van der Waals surface area contributed by atoms with Crippen LogP contribution < -0.4 is 5.73 Å². The summed E-state index contributed by atoms with van der Waals surface area (Å²) in [5, 5.41) is 0.653. The summed E-state index contributed by atoms with van der Waals surface area (Å²) in [5.41, 5.74) is 7.44. The van der Waals surface area contributed by atoms with Crippen LogP contribution in [0.1, 0.15) is 25.8 Å². The van der Waals surface area contributed by atoms with E-state index < -0.39 is 0 Å². The first-order chi connectivity index (χ1) is 7.08. The number of benzene rings is 1. The number of hydrogen-bond donors (Lipinski definition) is 1. The third-order valence-corrected chi connectivity index (χ3v) is 2.60. The van der Waals surface area contributed by atoms with Gasteiger partial charge in [0.25, 0.3) is 0 Å². The molecule has 0 saturated heterocycles. The van der Waals surface area contributed by atoms with E-state index >= 15 is 0 Å². The Bertz CT molecular complexity index is 478. The molecule has 0 fully saturated rings. The average molecular weight is 225 g/mol. The Morgan fingerprint density at radius 3 is 2.80 bits per heavy atom. The Kier molecular flexibility index (Phi) is 2.67. The van der Waals surface area contributed by atoms with E-state index in [0.29, 0.717) is 16.8 Å². The molecule has 1 atom stereocenters. The van der Waals surface area contributed by atoms with Gasteiger partial charge in [0.05, 0.1) is 6.04 Å². The van der Waals surface area contributed by atoms with Gasteiger partial charge in [-0.1, -0.05) is 25.4 Å². The molecule has 15 heavy (non-hydrogen) atoms. The largest absolute Gasteiger partial charge is 0.439 e. The normalized spacial score (nSPS) is 13.7. The first-order valence-corrected chi connectivity index (χ1v) is 5.27. The lowest BCUT2D eigenvalue weighted by atomic mass is 10.1. The molecule has 1 heterocycles. The van der Waals surface area contributed by atoms with Crippen LogP contribution in [-0.4, -0.2) is 4.98 Å². The summed E-state index contributed by atoms with van der Waals surface area (Å²) in [6.45, 7) is 4.07. The second-order valence-electron chi connectivity index (χ2n) is 3.93. The van der Waals surface area contributed by atoms with Crippen LogP contribution in [0.5, 0.6) is 0 Å². The lowest BCUT2D eigenvalue weighted by Crippen LogP contribution is -2.16. The smallest absolute Gasteiger partial charge is 0.212 e. The molecule has 0 aliphatic heterocycles. The molecular weight excluding hydrogens is 212 g/mol. The van der Waals surface area contributed by atoms with Crippen molar-refractivity contribution in [2.75, 3.05) is 0 Å². The summed E-state index contributed by atoms with van der Waals surface area (Å²) in [4.78, 5) is 4.32. The van der Waals surface area contributed by atoms with Gasteiger partial charge in [-0.25, -0.2) is 4.98 Å². The van der Waals surface area contributed by atoms with E-state index in [1.54, 1.807) is 18.2 Å². The topological polar surface area (TPSA) is 52.0 Å². The Balaban J connectivity index is 2.47. The van der Waals surface area contributed by atoms with Crippen LogP contribution >= 0.6 is 11.6 Å². The van der Waals surface area contributed by atoms with Crippen molar-refractivity contribution in [1.82, 2.24) is 4.98 Å². The van der Waals surface area contributed by atoms with Crippen LogP contribution in [0, 0.1) is 5.92 Å². The molecular formula is C11H13ClN2O. The van der Waals surface area contributed by atoms with Crippen molar-refractivity contribution in [3.63, 3.8) is 0 Å². The molecule has 0 spiro atoms. The summed E-state index contributed by atoms with van der Waals surface area (Å²) in [6, 6.07) is 5.19. The fourth-order valence-corrected chi connectivity index (χ4v) is 1.51. The van der Waals surface area contributed by atoms with Gasteiger partial charge in [-0.15, -0.1) is 0 Å². The fourth-order valence-electron chi connectivity index (χ4n) is 1.35. The molecule has 4 heteroatoms. The first kappa shape index (κ1) is 10.5. The van der Waals surface area contributed by atoms with Crippen LogP contribution in [-0.2, 0) is 0 Å². The minimum Gasteiger partial charge on any atom is -0.439 e. The number of hydrogen-bond acceptors (Lipinski definition) is 3. The molecule has 2 N–H and O–H groups in total. The molecule has 2 aromatic rings. The molecule has 0 aliphatic rings.